The van der Waals surface area contributed by atoms with Gasteiger partial charge in [-0.15, -0.1) is 0 Å². The molecule has 0 saturated carbocycles. The number of rotatable bonds is 5. The molecule has 7 nitrogen and oxygen atoms in total. The van der Waals surface area contributed by atoms with E-state index in [1.54, 1.807) is 11.0 Å². The number of likely N-dealkylation sites (tertiary alicyclic amines) is 1. The Labute approximate surface area is 205 Å². The highest BCUT2D eigenvalue weighted by atomic mass is 79.9. The van der Waals surface area contributed by atoms with E-state index in [4.69, 9.17) is 0 Å². The number of hydrogen-bond acceptors (Lipinski definition) is 4. The van der Waals surface area contributed by atoms with Crippen molar-refractivity contribution < 1.29 is 18.0 Å². The monoisotopic (exact) mass is 539 g/mol. The van der Waals surface area contributed by atoms with E-state index in [0.717, 1.165) is 44.2 Å². The van der Waals surface area contributed by atoms with Crippen molar-refractivity contribution in [3.05, 3.63) is 22.2 Å². The number of benzene rings is 1. The lowest BCUT2D eigenvalue weighted by Crippen LogP contribution is -2.50. The van der Waals surface area contributed by atoms with Gasteiger partial charge in [0.1, 0.15) is 0 Å². The van der Waals surface area contributed by atoms with Crippen LogP contribution in [0.15, 0.2) is 21.5 Å². The predicted molar refractivity (Wildman–Crippen MR) is 132 cm³/mol. The van der Waals surface area contributed by atoms with Crippen LogP contribution in [0.25, 0.3) is 0 Å². The first-order valence-electron chi connectivity index (χ1n) is 12.2. The maximum Gasteiger partial charge on any atom is 0.244 e. The van der Waals surface area contributed by atoms with Crippen molar-refractivity contribution in [3.63, 3.8) is 0 Å². The van der Waals surface area contributed by atoms with Crippen LogP contribution >= 0.6 is 15.9 Å². The molecule has 9 heteroatoms. The first kappa shape index (κ1) is 24.7. The first-order chi connectivity index (χ1) is 15.8. The Morgan fingerprint density at radius 1 is 1.06 bits per heavy atom. The molecule has 0 unspecified atom stereocenters. The minimum Gasteiger partial charge on any atom is -0.339 e. The van der Waals surface area contributed by atoms with E-state index < -0.39 is 10.0 Å². The van der Waals surface area contributed by atoms with Gasteiger partial charge in [0.05, 0.1) is 10.8 Å². The fourth-order valence-electron chi connectivity index (χ4n) is 5.49. The summed E-state index contributed by atoms with van der Waals surface area (Å²) in [6, 6.07) is 3.74. The highest BCUT2D eigenvalue weighted by molar-refractivity contribution is 9.10. The van der Waals surface area contributed by atoms with Crippen LogP contribution in [0.1, 0.15) is 64.4 Å². The Morgan fingerprint density at radius 2 is 1.85 bits per heavy atom. The van der Waals surface area contributed by atoms with Crippen molar-refractivity contribution >= 4 is 43.5 Å². The van der Waals surface area contributed by atoms with Crippen molar-refractivity contribution in [2.75, 3.05) is 31.1 Å². The number of nitrogens with zero attached hydrogens (tertiary/aromatic N) is 3. The van der Waals surface area contributed by atoms with Gasteiger partial charge in [0.15, 0.2) is 0 Å². The number of anilines is 1. The van der Waals surface area contributed by atoms with E-state index in [0.29, 0.717) is 42.5 Å². The fraction of sp³-hybridized carbons (Fsp3) is 0.667. The van der Waals surface area contributed by atoms with Crippen LogP contribution in [0.4, 0.5) is 5.69 Å². The number of piperidine rings is 2. The molecule has 33 heavy (non-hydrogen) atoms. The van der Waals surface area contributed by atoms with Gasteiger partial charge in [-0.25, -0.2) is 8.42 Å². The van der Waals surface area contributed by atoms with Gasteiger partial charge in [0, 0.05) is 48.8 Å². The number of carbonyl (C=O) groups is 2. The molecule has 182 valence electrons. The Kier molecular flexibility index (Phi) is 7.50. The van der Waals surface area contributed by atoms with Gasteiger partial charge in [-0.1, -0.05) is 13.8 Å². The third-order valence-electron chi connectivity index (χ3n) is 7.36. The summed E-state index contributed by atoms with van der Waals surface area (Å²) in [4.78, 5) is 29.6. The topological polar surface area (TPSA) is 78.0 Å². The number of halogens is 1. The van der Waals surface area contributed by atoms with Crippen LogP contribution in [0.5, 0.6) is 0 Å². The van der Waals surface area contributed by atoms with Gasteiger partial charge in [-0.05, 0) is 78.6 Å². The second-order valence-corrected chi connectivity index (χ2v) is 12.1. The number of carbonyl (C=O) groups excluding carboxylic acids is 2. The molecule has 0 bridgehead atoms. The Morgan fingerprint density at radius 3 is 2.58 bits per heavy atom. The third-order valence-corrected chi connectivity index (χ3v) is 10.2. The maximum atomic E-state index is 13.7. The first-order valence-corrected chi connectivity index (χ1v) is 14.4. The van der Waals surface area contributed by atoms with Gasteiger partial charge in [0.2, 0.25) is 21.8 Å². The van der Waals surface area contributed by atoms with E-state index in [1.165, 1.54) is 4.31 Å². The molecular weight excluding hydrogens is 506 g/mol. The van der Waals surface area contributed by atoms with Crippen molar-refractivity contribution in [2.45, 2.75) is 76.2 Å². The Bertz CT molecular complexity index is 1030. The van der Waals surface area contributed by atoms with E-state index in [1.807, 2.05) is 17.9 Å². The average molecular weight is 541 g/mol. The summed E-state index contributed by atoms with van der Waals surface area (Å²) >= 11 is 3.47. The van der Waals surface area contributed by atoms with Crippen LogP contribution in [0.2, 0.25) is 0 Å². The van der Waals surface area contributed by atoms with Crippen molar-refractivity contribution in [1.29, 1.82) is 0 Å². The zero-order valence-electron chi connectivity index (χ0n) is 19.6. The number of hydrogen-bond donors (Lipinski definition) is 0. The largest absolute Gasteiger partial charge is 0.339 e. The zero-order valence-corrected chi connectivity index (χ0v) is 22.0. The molecule has 1 aromatic carbocycles. The average Bonchev–Trinajstić information content (AvgIpc) is 3.25. The van der Waals surface area contributed by atoms with Crippen molar-refractivity contribution in [3.8, 4) is 0 Å². The SMILES string of the molecule is CCC(=O)N1CCc2cc(Br)c(S(=O)(=O)N3CCC[C@@H](C(=O)N4CCCC[C@H]4CC)C3)cc21. The third kappa shape index (κ3) is 4.73. The van der Waals surface area contributed by atoms with Crippen LogP contribution in [0, 0.1) is 5.92 Å². The smallest absolute Gasteiger partial charge is 0.244 e. The molecule has 3 heterocycles. The standard InChI is InChI=1S/C24H34BrN3O4S/c1-3-19-9-5-6-12-27(19)24(30)18-8-7-11-26(16-18)33(31,32)22-15-21-17(14-20(22)25)10-13-28(21)23(29)4-2/h14-15,18-19H,3-13,16H2,1-2H3/t18-,19-/m1/s1. The summed E-state index contributed by atoms with van der Waals surface area (Å²) in [5.41, 5.74) is 1.66. The molecule has 0 spiro atoms. The fourth-order valence-corrected chi connectivity index (χ4v) is 8.08. The van der Waals surface area contributed by atoms with Gasteiger partial charge >= 0.3 is 0 Å². The van der Waals surface area contributed by atoms with Crippen LogP contribution < -0.4 is 4.90 Å². The second kappa shape index (κ2) is 10.0. The maximum absolute atomic E-state index is 13.7. The quantitative estimate of drug-likeness (QED) is 0.567. The zero-order chi connectivity index (χ0) is 23.8. The molecular formula is C24H34BrN3O4S. The minimum absolute atomic E-state index is 0.00457. The van der Waals surface area contributed by atoms with Gasteiger partial charge in [0.25, 0.3) is 0 Å². The van der Waals surface area contributed by atoms with Gasteiger partial charge in [-0.3, -0.25) is 9.59 Å². The molecule has 4 rings (SSSR count). The molecule has 0 radical (unpaired) electrons. The normalized spacial score (nSPS) is 24.1. The molecule has 3 aliphatic heterocycles. The Hall–Kier alpha value is -1.45. The molecule has 0 aliphatic carbocycles. The number of sulfonamides is 1. The highest BCUT2D eigenvalue weighted by Crippen LogP contribution is 2.38. The molecule has 2 amide bonds. The van der Waals surface area contributed by atoms with Gasteiger partial charge in [-0.2, -0.15) is 4.31 Å². The summed E-state index contributed by atoms with van der Waals surface area (Å²) in [5.74, 6) is -0.198. The number of amides is 2. The lowest BCUT2D eigenvalue weighted by atomic mass is 9.93. The summed E-state index contributed by atoms with van der Waals surface area (Å²) < 4.78 is 29.4. The van der Waals surface area contributed by atoms with E-state index >= 15 is 0 Å². The molecule has 0 aromatic heterocycles. The summed E-state index contributed by atoms with van der Waals surface area (Å²) in [6.07, 6.45) is 6.63. The summed E-state index contributed by atoms with van der Waals surface area (Å²) in [7, 11) is -3.81. The molecule has 0 N–H and O–H groups in total. The summed E-state index contributed by atoms with van der Waals surface area (Å²) in [5, 5.41) is 0. The molecule has 2 saturated heterocycles. The van der Waals surface area contributed by atoms with Crippen molar-refractivity contribution in [1.82, 2.24) is 9.21 Å². The summed E-state index contributed by atoms with van der Waals surface area (Å²) in [6.45, 7) is 5.91. The van der Waals surface area contributed by atoms with E-state index in [9.17, 15) is 18.0 Å². The molecule has 2 atom stereocenters. The predicted octanol–water partition coefficient (Wildman–Crippen LogP) is 3.94. The van der Waals surface area contributed by atoms with Gasteiger partial charge < -0.3 is 9.80 Å². The lowest BCUT2D eigenvalue weighted by Gasteiger charge is -2.40. The number of fused-ring (bicyclic) bond motifs is 1. The Balaban J connectivity index is 1.58. The molecule has 2 fully saturated rings. The molecule has 1 aromatic rings. The van der Waals surface area contributed by atoms with E-state index in [-0.39, 0.29) is 35.2 Å². The van der Waals surface area contributed by atoms with Crippen LogP contribution in [-0.2, 0) is 26.0 Å². The minimum atomic E-state index is -3.81. The lowest BCUT2D eigenvalue weighted by molar-refractivity contribution is -0.140. The molecule has 3 aliphatic rings. The van der Waals surface area contributed by atoms with Crippen LogP contribution in [-0.4, -0.2) is 61.7 Å². The highest BCUT2D eigenvalue weighted by Gasteiger charge is 2.38. The van der Waals surface area contributed by atoms with Crippen molar-refractivity contribution in [2.24, 2.45) is 5.92 Å². The second-order valence-electron chi connectivity index (χ2n) is 9.35. The van der Waals surface area contributed by atoms with Crippen LogP contribution in [0.3, 0.4) is 0 Å². The van der Waals surface area contributed by atoms with E-state index in [2.05, 4.69) is 22.9 Å².